The van der Waals surface area contributed by atoms with E-state index in [1.54, 1.807) is 31.4 Å². The molecule has 0 aliphatic carbocycles. The number of fused-ring (bicyclic) bond motifs is 1. The average molecular weight is 619 g/mol. The van der Waals surface area contributed by atoms with Gasteiger partial charge in [0.2, 0.25) is 0 Å². The second kappa shape index (κ2) is 11.8. The van der Waals surface area contributed by atoms with Crippen LogP contribution in [-0.4, -0.2) is 67.6 Å². The fourth-order valence-electron chi connectivity index (χ4n) is 4.16. The molecule has 1 aliphatic rings. The molecule has 13 nitrogen and oxygen atoms in total. The number of nitrogens with one attached hydrogen (secondary N) is 2. The van der Waals surface area contributed by atoms with Crippen molar-refractivity contribution in [3.05, 3.63) is 49.9 Å². The van der Waals surface area contributed by atoms with Gasteiger partial charge in [-0.25, -0.2) is 0 Å². The Morgan fingerprint density at radius 2 is 2.02 bits per heavy atom. The number of H-pyrrole nitrogens is 1. The molecule has 7 N–H and O–H groups in total. The van der Waals surface area contributed by atoms with Crippen molar-refractivity contribution in [2.75, 3.05) is 12.3 Å². The number of rotatable bonds is 10. The van der Waals surface area contributed by atoms with Crippen LogP contribution in [0.15, 0.2) is 34.4 Å². The van der Waals surface area contributed by atoms with E-state index in [2.05, 4.69) is 15.1 Å². The number of hydrogen-bond acceptors (Lipinski definition) is 13. The number of nitrogens with zero attached hydrogens (tertiary/aromatic N) is 1. The monoisotopic (exact) mass is 618 g/mol. The first-order valence-corrected chi connectivity index (χ1v) is 15.3. The summed E-state index contributed by atoms with van der Waals surface area (Å²) in [6.45, 7) is 5.78. The zero-order valence-electron chi connectivity index (χ0n) is 22.1. The number of carbonyl (C=O) groups excluding carboxylic acids is 1. The molecule has 40 heavy (non-hydrogen) atoms. The Labute approximate surface area is 238 Å². The fourth-order valence-corrected chi connectivity index (χ4v) is 7.15. The summed E-state index contributed by atoms with van der Waals surface area (Å²) >= 11 is 7.06. The van der Waals surface area contributed by atoms with Gasteiger partial charge in [0.1, 0.15) is 0 Å². The van der Waals surface area contributed by atoms with Crippen molar-refractivity contribution >= 4 is 53.9 Å². The number of esters is 1. The molecular formula is C24H32ClN4O9PS. The quantitative estimate of drug-likeness (QED) is 0.143. The van der Waals surface area contributed by atoms with Crippen LogP contribution in [0.5, 0.6) is 5.75 Å². The van der Waals surface area contributed by atoms with Crippen molar-refractivity contribution in [1.82, 2.24) is 15.1 Å². The summed E-state index contributed by atoms with van der Waals surface area (Å²) in [6.07, 6.45) is -4.12. The Morgan fingerprint density at radius 1 is 1.35 bits per heavy atom. The van der Waals surface area contributed by atoms with Crippen LogP contribution in [0, 0.1) is 0 Å². The van der Waals surface area contributed by atoms with Gasteiger partial charge >= 0.3 is 239 Å². The summed E-state index contributed by atoms with van der Waals surface area (Å²) in [5.41, 5.74) is 3.67. The summed E-state index contributed by atoms with van der Waals surface area (Å²) < 4.78 is 22.7. The van der Waals surface area contributed by atoms with Crippen LogP contribution in [0.4, 0.5) is 5.95 Å². The minimum absolute atomic E-state index is 0.109. The molecular weight excluding hydrogens is 587 g/mol. The van der Waals surface area contributed by atoms with Crippen molar-refractivity contribution in [2.45, 2.75) is 63.8 Å². The van der Waals surface area contributed by atoms with Crippen LogP contribution in [0.1, 0.15) is 38.7 Å². The Balaban J connectivity index is 1.56. The second-order valence-electron chi connectivity index (χ2n) is 9.84. The van der Waals surface area contributed by atoms with Gasteiger partial charge in [-0.15, -0.1) is 0 Å². The number of aromatic nitrogens is 2. The predicted octanol–water partition coefficient (Wildman–Crippen LogP) is 2.20. The third kappa shape index (κ3) is 6.56. The number of aliphatic hydroxyl groups excluding tert-OH is 1. The number of hydrogen-bond donors (Lipinski definition) is 6. The summed E-state index contributed by atoms with van der Waals surface area (Å²) in [5.74, 6) is -0.551. The zero-order chi connectivity index (χ0) is 29.4. The summed E-state index contributed by atoms with van der Waals surface area (Å²) in [5, 5.41) is 27.1. The first-order valence-electron chi connectivity index (χ1n) is 12.3. The van der Waals surface area contributed by atoms with E-state index in [4.69, 9.17) is 35.9 Å². The van der Waals surface area contributed by atoms with Gasteiger partial charge in [0.15, 0.2) is 0 Å². The number of aromatic amines is 1. The zero-order valence-corrected chi connectivity index (χ0v) is 24.7. The Kier molecular flexibility index (Phi) is 9.05. The molecule has 1 saturated heterocycles. The van der Waals surface area contributed by atoms with E-state index in [9.17, 15) is 24.7 Å². The fraction of sp³-hybridized carbons (Fsp3) is 0.458. The van der Waals surface area contributed by atoms with Crippen molar-refractivity contribution < 1.29 is 38.4 Å². The van der Waals surface area contributed by atoms with Gasteiger partial charge in [-0.3, -0.25) is 0 Å². The molecule has 0 spiro atoms. The summed E-state index contributed by atoms with van der Waals surface area (Å²) in [4.78, 5) is 43.1. The summed E-state index contributed by atoms with van der Waals surface area (Å²) in [6, 6.07) is 5.08. The van der Waals surface area contributed by atoms with Gasteiger partial charge in [0, 0.05) is 0 Å². The van der Waals surface area contributed by atoms with E-state index in [1.165, 1.54) is 26.0 Å². The number of carbonyl (C=O) groups is 1. The molecule has 16 heteroatoms. The van der Waals surface area contributed by atoms with Gasteiger partial charge in [0.05, 0.1) is 0 Å². The van der Waals surface area contributed by atoms with E-state index in [-0.39, 0.29) is 28.7 Å². The molecule has 1 aromatic carbocycles. The molecule has 220 valence electrons. The molecule has 0 saturated carbocycles. The van der Waals surface area contributed by atoms with Gasteiger partial charge in [0.25, 0.3) is 0 Å². The topological polar surface area (TPSA) is 198 Å². The molecule has 1 fully saturated rings. The SMILES string of the molecule is CC(C)OC(=O)[C@H](C)N[PH](O)(OC[C@H]1O[C@@H](c2scc3c(=O)[nH]c(N)nc23)[C@](C)(O)[C@@H]1O)Oc1ccc(Cl)cc1. The molecule has 1 aliphatic heterocycles. The molecule has 0 radical (unpaired) electrons. The van der Waals surface area contributed by atoms with Crippen molar-refractivity contribution in [3.63, 3.8) is 0 Å². The number of thiophene rings is 1. The number of ether oxygens (including phenoxy) is 2. The third-order valence-corrected chi connectivity index (χ3v) is 9.29. The van der Waals surface area contributed by atoms with Crippen LogP contribution in [0.2, 0.25) is 5.02 Å². The summed E-state index contributed by atoms with van der Waals surface area (Å²) in [7, 11) is -4.41. The van der Waals surface area contributed by atoms with Crippen molar-refractivity contribution in [2.24, 2.45) is 0 Å². The maximum atomic E-state index is 12.4. The standard InChI is InChI=1S/C24H32ClN4O9PS/c1-11(2)36-22(32)12(3)29-39(34,38-14-7-5-13(25)6-8-14)35-9-16-19(30)24(4,33)20(37-16)18-17-15(10-40-18)21(31)28-23(26)27-17/h5-8,10-12,16,19-20,29-30,33-34,39H,9H2,1-4H3,(H3,26,27,28,31)/t12-,16+,19+,20-,24+/m0/s1. The molecule has 0 unspecified atom stereocenters. The maximum absolute atomic E-state index is 12.4. The minimum atomic E-state index is -4.41. The van der Waals surface area contributed by atoms with Gasteiger partial charge in [-0.05, 0) is 0 Å². The van der Waals surface area contributed by atoms with Crippen LogP contribution in [0.25, 0.3) is 10.9 Å². The molecule has 3 aromatic rings. The molecule has 5 atom stereocenters. The predicted molar refractivity (Wildman–Crippen MR) is 151 cm³/mol. The van der Waals surface area contributed by atoms with Crippen LogP contribution in [0.3, 0.4) is 0 Å². The van der Waals surface area contributed by atoms with Crippen molar-refractivity contribution in [1.29, 1.82) is 0 Å². The number of nitrogen functional groups attached to an aromatic ring is 1. The van der Waals surface area contributed by atoms with Gasteiger partial charge in [-0.2, -0.15) is 0 Å². The van der Waals surface area contributed by atoms with E-state index in [1.807, 2.05) is 0 Å². The van der Waals surface area contributed by atoms with Crippen molar-refractivity contribution in [3.8, 4) is 5.75 Å². The van der Waals surface area contributed by atoms with Crippen LogP contribution < -0.4 is 20.9 Å². The van der Waals surface area contributed by atoms with E-state index >= 15 is 0 Å². The van der Waals surface area contributed by atoms with Gasteiger partial charge < -0.3 is 0 Å². The molecule has 4 rings (SSSR count). The van der Waals surface area contributed by atoms with E-state index in [0.29, 0.717) is 9.90 Å². The number of nitrogens with two attached hydrogens (primary N) is 1. The Bertz CT molecular complexity index is 1420. The molecule has 2 aromatic heterocycles. The third-order valence-electron chi connectivity index (χ3n) is 6.16. The number of anilines is 1. The first-order chi connectivity index (χ1) is 18.7. The number of halogens is 1. The van der Waals surface area contributed by atoms with Crippen LogP contribution >= 0.6 is 31.0 Å². The Hall–Kier alpha value is -2.39. The molecule has 0 bridgehead atoms. The number of aliphatic hydroxyl groups is 2. The molecule has 0 amide bonds. The van der Waals surface area contributed by atoms with Gasteiger partial charge in [-0.1, -0.05) is 0 Å². The van der Waals surface area contributed by atoms with E-state index in [0.717, 1.165) is 11.3 Å². The second-order valence-corrected chi connectivity index (χ2v) is 13.1. The van der Waals surface area contributed by atoms with E-state index < -0.39 is 56.2 Å². The number of benzene rings is 1. The first kappa shape index (κ1) is 30.6. The normalized spacial score (nSPS) is 24.4. The Morgan fingerprint density at radius 3 is 2.67 bits per heavy atom. The van der Waals surface area contributed by atoms with Crippen LogP contribution in [-0.2, 0) is 18.8 Å². The molecule has 3 heterocycles. The average Bonchev–Trinajstić information content (AvgIpc) is 3.37.